The second kappa shape index (κ2) is 6.09. The topological polar surface area (TPSA) is 45.2 Å². The van der Waals surface area contributed by atoms with Crippen LogP contribution in [0.3, 0.4) is 0 Å². The maximum absolute atomic E-state index is 13.0. The number of amides is 1. The minimum Gasteiger partial charge on any atom is -0.267 e. The van der Waals surface area contributed by atoms with E-state index in [1.807, 2.05) is 47.5 Å². The van der Waals surface area contributed by atoms with E-state index in [1.165, 1.54) is 11.1 Å². The molecule has 0 unspecified atom stereocenters. The Kier molecular flexibility index (Phi) is 3.57. The molecule has 0 radical (unpaired) electrons. The van der Waals surface area contributed by atoms with Crippen LogP contribution in [-0.4, -0.2) is 17.4 Å². The molecule has 3 aromatic carbocycles. The van der Waals surface area contributed by atoms with Crippen LogP contribution in [0.5, 0.6) is 0 Å². The number of benzene rings is 3. The Bertz CT molecular complexity index is 1190. The SMILES string of the molecule is Cc1ccc2cc3c(nc2c1)N(NC(=O)c1cccc2ccccc12)CC3. The molecule has 1 aliphatic rings. The largest absolute Gasteiger partial charge is 0.270 e. The third-order valence-electron chi connectivity index (χ3n) is 5.16. The highest BCUT2D eigenvalue weighted by Crippen LogP contribution is 2.29. The Morgan fingerprint density at radius 2 is 1.85 bits per heavy atom. The zero-order valence-electron chi connectivity index (χ0n) is 15.1. The van der Waals surface area contributed by atoms with E-state index >= 15 is 0 Å². The first-order valence-electron chi connectivity index (χ1n) is 9.16. The van der Waals surface area contributed by atoms with Crippen LogP contribution in [0.4, 0.5) is 5.82 Å². The van der Waals surface area contributed by atoms with Gasteiger partial charge in [-0.3, -0.25) is 15.2 Å². The number of nitrogens with zero attached hydrogens (tertiary/aromatic N) is 2. The van der Waals surface area contributed by atoms with E-state index in [9.17, 15) is 4.79 Å². The molecule has 0 fully saturated rings. The lowest BCUT2D eigenvalue weighted by atomic mass is 10.0. The fraction of sp³-hybridized carbons (Fsp3) is 0.130. The standard InChI is InChI=1S/C23H19N3O/c1-15-9-10-17-14-18-11-12-26(22(18)24-21(17)13-15)25-23(27)20-8-4-6-16-5-2-3-7-19(16)20/h2-10,13-14H,11-12H2,1H3,(H,25,27). The Morgan fingerprint density at radius 1 is 1.00 bits per heavy atom. The summed E-state index contributed by atoms with van der Waals surface area (Å²) in [6.45, 7) is 2.79. The fourth-order valence-corrected chi connectivity index (χ4v) is 3.78. The number of pyridine rings is 1. The molecule has 0 atom stereocenters. The van der Waals surface area contributed by atoms with Crippen LogP contribution in [0, 0.1) is 6.92 Å². The van der Waals surface area contributed by atoms with Gasteiger partial charge in [0.15, 0.2) is 5.82 Å². The first-order chi connectivity index (χ1) is 13.2. The van der Waals surface area contributed by atoms with Crippen LogP contribution in [0.1, 0.15) is 21.5 Å². The molecule has 0 aliphatic carbocycles. The van der Waals surface area contributed by atoms with Crippen molar-refractivity contribution in [2.75, 3.05) is 11.6 Å². The van der Waals surface area contributed by atoms with E-state index in [4.69, 9.17) is 4.98 Å². The Morgan fingerprint density at radius 3 is 2.78 bits per heavy atom. The first-order valence-corrected chi connectivity index (χ1v) is 9.16. The summed E-state index contributed by atoms with van der Waals surface area (Å²) in [5.41, 5.74) is 7.04. The van der Waals surface area contributed by atoms with Crippen molar-refractivity contribution in [1.82, 2.24) is 10.4 Å². The number of rotatable bonds is 2. The molecule has 0 bridgehead atoms. The number of aromatic nitrogens is 1. The van der Waals surface area contributed by atoms with Gasteiger partial charge in [-0.25, -0.2) is 4.98 Å². The fourth-order valence-electron chi connectivity index (χ4n) is 3.78. The van der Waals surface area contributed by atoms with Gasteiger partial charge in [-0.1, -0.05) is 48.5 Å². The van der Waals surface area contributed by atoms with Crippen molar-refractivity contribution in [3.8, 4) is 0 Å². The molecule has 0 saturated heterocycles. The van der Waals surface area contributed by atoms with Crippen molar-refractivity contribution < 1.29 is 4.79 Å². The molecule has 1 amide bonds. The lowest BCUT2D eigenvalue weighted by Gasteiger charge is -2.20. The number of hydrogen-bond donors (Lipinski definition) is 1. The molecular formula is C23H19N3O. The van der Waals surface area contributed by atoms with Crippen molar-refractivity contribution in [1.29, 1.82) is 0 Å². The predicted octanol–water partition coefficient (Wildman–Crippen LogP) is 4.40. The zero-order valence-corrected chi connectivity index (χ0v) is 15.1. The van der Waals surface area contributed by atoms with Gasteiger partial charge in [-0.2, -0.15) is 0 Å². The summed E-state index contributed by atoms with van der Waals surface area (Å²) in [4.78, 5) is 17.8. The number of fused-ring (bicyclic) bond motifs is 3. The number of nitrogens with one attached hydrogen (secondary N) is 1. The molecule has 4 heteroatoms. The number of carbonyl (C=O) groups is 1. The van der Waals surface area contributed by atoms with Gasteiger partial charge in [0.1, 0.15) is 0 Å². The molecule has 132 valence electrons. The molecule has 1 aromatic heterocycles. The molecule has 5 rings (SSSR count). The van der Waals surface area contributed by atoms with Crippen LogP contribution in [0.25, 0.3) is 21.7 Å². The lowest BCUT2D eigenvalue weighted by molar-refractivity contribution is 0.0951. The number of aryl methyl sites for hydroxylation is 1. The van der Waals surface area contributed by atoms with E-state index in [2.05, 4.69) is 36.6 Å². The molecule has 4 nitrogen and oxygen atoms in total. The highest BCUT2D eigenvalue weighted by atomic mass is 16.2. The van der Waals surface area contributed by atoms with Crippen molar-refractivity contribution in [3.63, 3.8) is 0 Å². The summed E-state index contributed by atoms with van der Waals surface area (Å²) < 4.78 is 0. The van der Waals surface area contributed by atoms with Crippen molar-refractivity contribution in [2.45, 2.75) is 13.3 Å². The summed E-state index contributed by atoms with van der Waals surface area (Å²) >= 11 is 0. The van der Waals surface area contributed by atoms with Crippen molar-refractivity contribution in [2.24, 2.45) is 0 Å². The van der Waals surface area contributed by atoms with Gasteiger partial charge in [-0.05, 0) is 53.4 Å². The highest BCUT2D eigenvalue weighted by Gasteiger charge is 2.24. The number of hydrazine groups is 1. The first kappa shape index (κ1) is 15.8. The van der Waals surface area contributed by atoms with Crippen LogP contribution in [0.2, 0.25) is 0 Å². The third-order valence-corrected chi connectivity index (χ3v) is 5.16. The summed E-state index contributed by atoms with van der Waals surface area (Å²) in [5, 5.41) is 5.04. The smallest absolute Gasteiger partial charge is 0.267 e. The minimum atomic E-state index is -0.106. The zero-order chi connectivity index (χ0) is 18.4. The second-order valence-corrected chi connectivity index (χ2v) is 7.04. The normalized spacial score (nSPS) is 13.1. The summed E-state index contributed by atoms with van der Waals surface area (Å²) in [6, 6.07) is 22.2. The maximum atomic E-state index is 13.0. The summed E-state index contributed by atoms with van der Waals surface area (Å²) in [5.74, 6) is 0.743. The van der Waals surface area contributed by atoms with Gasteiger partial charge in [0.05, 0.1) is 5.52 Å². The Balaban J connectivity index is 1.50. The third kappa shape index (κ3) is 2.70. The quantitative estimate of drug-likeness (QED) is 0.581. The lowest BCUT2D eigenvalue weighted by Crippen LogP contribution is -2.41. The van der Waals surface area contributed by atoms with Gasteiger partial charge < -0.3 is 0 Å². The molecule has 0 saturated carbocycles. The summed E-state index contributed by atoms with van der Waals surface area (Å²) in [6.07, 6.45) is 0.877. The monoisotopic (exact) mass is 353 g/mol. The molecule has 27 heavy (non-hydrogen) atoms. The molecule has 0 spiro atoms. The summed E-state index contributed by atoms with van der Waals surface area (Å²) in [7, 11) is 0. The van der Waals surface area contributed by atoms with Crippen LogP contribution < -0.4 is 10.4 Å². The van der Waals surface area contributed by atoms with E-state index in [1.54, 1.807) is 0 Å². The Hall–Kier alpha value is -3.40. The Labute approximate surface area is 157 Å². The van der Waals surface area contributed by atoms with Gasteiger partial charge in [0.25, 0.3) is 5.91 Å². The average molecular weight is 353 g/mol. The predicted molar refractivity (Wildman–Crippen MR) is 109 cm³/mol. The minimum absolute atomic E-state index is 0.106. The van der Waals surface area contributed by atoms with Gasteiger partial charge in [0.2, 0.25) is 0 Å². The van der Waals surface area contributed by atoms with E-state index in [0.717, 1.165) is 40.5 Å². The van der Waals surface area contributed by atoms with Gasteiger partial charge in [0, 0.05) is 17.5 Å². The average Bonchev–Trinajstić information content (AvgIpc) is 3.07. The molecule has 4 aromatic rings. The van der Waals surface area contributed by atoms with E-state index in [0.29, 0.717) is 5.56 Å². The molecule has 1 aliphatic heterocycles. The van der Waals surface area contributed by atoms with Crippen LogP contribution in [-0.2, 0) is 6.42 Å². The van der Waals surface area contributed by atoms with Crippen LogP contribution in [0.15, 0.2) is 66.7 Å². The van der Waals surface area contributed by atoms with Crippen molar-refractivity contribution in [3.05, 3.63) is 83.4 Å². The molecule has 1 N–H and O–H groups in total. The number of carbonyl (C=O) groups excluding carboxylic acids is 1. The van der Waals surface area contributed by atoms with E-state index < -0.39 is 0 Å². The number of anilines is 1. The number of hydrogen-bond acceptors (Lipinski definition) is 3. The second-order valence-electron chi connectivity index (χ2n) is 7.04. The molecule has 2 heterocycles. The van der Waals surface area contributed by atoms with Gasteiger partial charge in [-0.15, -0.1) is 0 Å². The van der Waals surface area contributed by atoms with Crippen molar-refractivity contribution >= 4 is 33.4 Å². The molecular weight excluding hydrogens is 334 g/mol. The highest BCUT2D eigenvalue weighted by molar-refractivity contribution is 6.07. The van der Waals surface area contributed by atoms with Gasteiger partial charge >= 0.3 is 0 Å². The van der Waals surface area contributed by atoms with E-state index in [-0.39, 0.29) is 5.91 Å². The maximum Gasteiger partial charge on any atom is 0.270 e. The van der Waals surface area contributed by atoms with Crippen LogP contribution >= 0.6 is 0 Å².